The first-order valence-corrected chi connectivity index (χ1v) is 41.3. The lowest BCUT2D eigenvalue weighted by atomic mass is 10.2. The van der Waals surface area contributed by atoms with Crippen molar-refractivity contribution >= 4 is 135 Å². The van der Waals surface area contributed by atoms with Gasteiger partial charge in [-0.2, -0.15) is 4.39 Å². The van der Waals surface area contributed by atoms with Crippen molar-refractivity contribution in [3.63, 3.8) is 0 Å². The molecule has 31 nitrogen and oxygen atoms in total. The molecule has 0 amide bonds. The Bertz CT molecular complexity index is 6810. The Kier molecular flexibility index (Phi) is 30.1. The zero-order chi connectivity index (χ0) is 93.1. The van der Waals surface area contributed by atoms with Gasteiger partial charge in [0.1, 0.15) is 124 Å². The topological polar surface area (TPSA) is 325 Å². The molecule has 0 saturated carbocycles. The highest BCUT2D eigenvalue weighted by atomic mass is 19.3. The van der Waals surface area contributed by atoms with Crippen molar-refractivity contribution < 1.29 is 59.2 Å². The van der Waals surface area contributed by atoms with Crippen LogP contribution in [0.3, 0.4) is 0 Å². The fourth-order valence-electron chi connectivity index (χ4n) is 13.4. The summed E-state index contributed by atoms with van der Waals surface area (Å²) in [6, 6.07) is 38.0. The number of aryl methyl sites for hydroxylation is 6. The van der Waals surface area contributed by atoms with E-state index in [-0.39, 0.29) is 47.5 Å². The summed E-state index contributed by atoms with van der Waals surface area (Å²) in [5.74, 6) is 2.63. The van der Waals surface area contributed by atoms with Crippen LogP contribution < -0.4 is 60.3 Å². The SMILES string of the molecule is CC(C)Oc1c(Nc2ncnc3ccn(C)c23)ccc(F)c1F.CC(C)Oc1cc(F)ccc1Nc1ncnc2ccn(C)c12.CC(C)Oc1ccccc1Nc1ncnc2ccn(C)c12.CC(C)Oc1ncccc1Nc1ncnc2ccn(C)c12.CCOc1cc(F)ccc1Nc1ncnc2ccn(C)c12.Cn1ccc2ncnc(Nc3ccc(F)cc3OCC(F)F)c21. The van der Waals surface area contributed by atoms with Crippen molar-refractivity contribution in [3.05, 3.63) is 250 Å². The van der Waals surface area contributed by atoms with E-state index in [0.29, 0.717) is 70.0 Å². The smallest absolute Gasteiger partial charge is 0.272 e. The molecule has 5 aromatic carbocycles. The van der Waals surface area contributed by atoms with Gasteiger partial charge in [0.15, 0.2) is 46.5 Å². The van der Waals surface area contributed by atoms with Crippen molar-refractivity contribution in [3.8, 4) is 34.6 Å². The Balaban J connectivity index is 0.000000134. The quantitative estimate of drug-likeness (QED) is 0.0290. The molecule has 0 aliphatic rings. The summed E-state index contributed by atoms with van der Waals surface area (Å²) in [5.41, 5.74) is 13.8. The third kappa shape index (κ3) is 23.3. The molecule has 18 rings (SSSR count). The molecule has 0 bridgehead atoms. The minimum absolute atomic E-state index is 0.00808. The van der Waals surface area contributed by atoms with Crippen LogP contribution in [0.1, 0.15) is 62.3 Å². The van der Waals surface area contributed by atoms with Gasteiger partial charge >= 0.3 is 0 Å². The van der Waals surface area contributed by atoms with Gasteiger partial charge in [0, 0.05) is 104 Å². The Hall–Kier alpha value is -15.9. The number of para-hydroxylation sites is 2. The van der Waals surface area contributed by atoms with Crippen LogP contribution in [0.25, 0.3) is 66.2 Å². The molecule has 38 heteroatoms. The molecule has 18 aromatic rings. The minimum Gasteiger partial charge on any atom is -0.492 e. The van der Waals surface area contributed by atoms with Crippen LogP contribution in [-0.4, -0.2) is 136 Å². The molecule has 13 heterocycles. The van der Waals surface area contributed by atoms with Gasteiger partial charge in [-0.1, -0.05) is 12.1 Å². The van der Waals surface area contributed by atoms with E-state index in [9.17, 15) is 30.7 Å². The van der Waals surface area contributed by atoms with E-state index in [2.05, 4.69) is 96.7 Å². The number of nitrogens with one attached hydrogen (secondary N) is 6. The second kappa shape index (κ2) is 42.6. The van der Waals surface area contributed by atoms with E-state index in [1.165, 1.54) is 67.8 Å². The van der Waals surface area contributed by atoms with E-state index >= 15 is 0 Å². The molecule has 0 saturated heterocycles. The van der Waals surface area contributed by atoms with Crippen molar-refractivity contribution in [2.45, 2.75) is 93.2 Å². The van der Waals surface area contributed by atoms with Gasteiger partial charge in [0.05, 0.1) is 92.6 Å². The Morgan fingerprint density at radius 2 is 0.611 bits per heavy atom. The summed E-state index contributed by atoms with van der Waals surface area (Å²) in [6.07, 6.45) is 19.2. The van der Waals surface area contributed by atoms with E-state index in [4.69, 9.17) is 28.4 Å². The fourth-order valence-corrected chi connectivity index (χ4v) is 13.4. The van der Waals surface area contributed by atoms with Gasteiger partial charge in [-0.25, -0.2) is 91.1 Å². The summed E-state index contributed by atoms with van der Waals surface area (Å²) in [6.45, 7) is 16.7. The van der Waals surface area contributed by atoms with E-state index in [1.807, 2.05) is 228 Å². The second-order valence-corrected chi connectivity index (χ2v) is 30.4. The van der Waals surface area contributed by atoms with E-state index < -0.39 is 30.5 Å². The van der Waals surface area contributed by atoms with Crippen LogP contribution in [0, 0.1) is 29.1 Å². The first-order valence-electron chi connectivity index (χ1n) is 41.3. The Labute approximate surface area is 748 Å². The summed E-state index contributed by atoms with van der Waals surface area (Å²) >= 11 is 0. The van der Waals surface area contributed by atoms with Crippen molar-refractivity contribution in [1.82, 2.24) is 92.2 Å². The number of aromatic nitrogens is 19. The average molecular weight is 1790 g/mol. The first kappa shape index (κ1) is 92.7. The number of halogens is 7. The van der Waals surface area contributed by atoms with Crippen LogP contribution >= 0.6 is 0 Å². The van der Waals surface area contributed by atoms with E-state index in [1.54, 1.807) is 44.8 Å². The average Bonchev–Trinajstić information content (AvgIpc) is 1.11. The number of benzene rings is 5. The van der Waals surface area contributed by atoms with Crippen molar-refractivity contribution in [2.75, 3.05) is 45.1 Å². The van der Waals surface area contributed by atoms with Crippen LogP contribution in [-0.2, 0) is 42.3 Å². The second-order valence-electron chi connectivity index (χ2n) is 30.4. The third-order valence-corrected chi connectivity index (χ3v) is 19.1. The van der Waals surface area contributed by atoms with Gasteiger partial charge in [-0.3, -0.25) is 0 Å². The fraction of sp³-hybridized carbons (Fsp3) is 0.237. The summed E-state index contributed by atoms with van der Waals surface area (Å²) in [7, 11) is 11.5. The summed E-state index contributed by atoms with van der Waals surface area (Å²) in [5, 5.41) is 19.0. The zero-order valence-electron chi connectivity index (χ0n) is 74.2. The maximum Gasteiger partial charge on any atom is 0.272 e. The number of hydrogen-bond acceptors (Lipinski definition) is 25. The number of ether oxygens (including phenoxy) is 6. The highest BCUT2D eigenvalue weighted by Crippen LogP contribution is 2.39. The van der Waals surface area contributed by atoms with Crippen molar-refractivity contribution in [1.29, 1.82) is 0 Å². The highest BCUT2D eigenvalue weighted by Gasteiger charge is 2.22. The lowest BCUT2D eigenvalue weighted by molar-refractivity contribution is 0.0821. The number of pyridine rings is 1. The lowest BCUT2D eigenvalue weighted by Crippen LogP contribution is -2.10. The number of alkyl halides is 2. The molecule has 0 radical (unpaired) electrons. The molecule has 678 valence electrons. The predicted molar refractivity (Wildman–Crippen MR) is 493 cm³/mol. The van der Waals surface area contributed by atoms with Gasteiger partial charge in [0.25, 0.3) is 6.43 Å². The maximum absolute atomic E-state index is 14.1. The summed E-state index contributed by atoms with van der Waals surface area (Å²) in [4.78, 5) is 55.1. The maximum atomic E-state index is 14.1. The first-order chi connectivity index (χ1) is 63.0. The summed E-state index contributed by atoms with van der Waals surface area (Å²) < 4.78 is 137. The van der Waals surface area contributed by atoms with Crippen molar-refractivity contribution in [2.24, 2.45) is 42.3 Å². The van der Waals surface area contributed by atoms with Crippen LogP contribution in [0.15, 0.2) is 221 Å². The minimum atomic E-state index is -2.65. The van der Waals surface area contributed by atoms with Gasteiger partial charge in [-0.05, 0) is 172 Å². The molecule has 0 unspecified atom stereocenters. The molecule has 131 heavy (non-hydrogen) atoms. The normalized spacial score (nSPS) is 11.1. The number of hydrogen-bond donors (Lipinski definition) is 6. The molecule has 6 N–H and O–H groups in total. The number of rotatable bonds is 25. The molecular weight excluding hydrogens is 1700 g/mol. The Morgan fingerprint density at radius 1 is 0.305 bits per heavy atom. The van der Waals surface area contributed by atoms with Crippen LogP contribution in [0.2, 0.25) is 0 Å². The third-order valence-electron chi connectivity index (χ3n) is 19.1. The molecule has 0 aliphatic heterocycles. The predicted octanol–water partition coefficient (Wildman–Crippen LogP) is 20.6. The number of nitrogens with zero attached hydrogens (tertiary/aromatic N) is 19. The molecule has 0 atom stereocenters. The van der Waals surface area contributed by atoms with Crippen LogP contribution in [0.4, 0.5) is 99.8 Å². The van der Waals surface area contributed by atoms with Gasteiger partial charge < -0.3 is 87.7 Å². The monoisotopic (exact) mass is 1790 g/mol. The van der Waals surface area contributed by atoms with Gasteiger partial charge in [-0.15, -0.1) is 0 Å². The molecule has 0 fully saturated rings. The van der Waals surface area contributed by atoms with E-state index in [0.717, 1.165) is 107 Å². The number of fused-ring (bicyclic) bond motifs is 6. The van der Waals surface area contributed by atoms with Gasteiger partial charge in [0.2, 0.25) is 11.7 Å². The Morgan fingerprint density at radius 3 is 0.969 bits per heavy atom. The van der Waals surface area contributed by atoms with Crippen LogP contribution in [0.5, 0.6) is 34.6 Å². The molecular formula is C93H96F7N25O6. The zero-order valence-corrected chi connectivity index (χ0v) is 74.2. The molecule has 0 aliphatic carbocycles. The lowest BCUT2D eigenvalue weighted by Gasteiger charge is -2.16. The standard InChI is InChI=1S/C16H16F2N4O.C16H17FN4O.C16H18N4O.C15H13F3N4O.C15H15FN4O.C15H17N5O/c1-9(2)23-15-12(5-4-10(17)13(15)18)21-16-14-11(19-8-20-16)6-7-22(14)3;1-10(2)22-14-8-11(17)4-5-12(14)20-16-15-13(18-9-19-16)6-7-21(15)3;1-11(2)21-14-7-5-4-6-12(14)19-16-15-13(17-10-18-16)8-9-20(15)3;1-22-5-4-11-14(22)15(20-8-19-11)21-10-3-2-9(16)6-12(10)23-7-13(17)18;1-3-21-13-8-10(16)4-5-11(13)19-15-14-12(17-9-18-15)6-7-20(14)2;1-10(2)21-15-12(5-4-7-16-15)19-14-13-11(17-9-18-14)6-8-20(13)3/h4-9H,1-3H3,(H,19,20,21);4-10H,1-3H3,(H,18,19,20);4-11H,1-3H3,(H,17,18,19);2-6,8,13H,7H2,1H3,(H,19,20,21);4-9H,3H2,1-2H3,(H,17,18,19);4-10H,1-3H3,(H,17,18,19). The highest BCUT2D eigenvalue weighted by molar-refractivity contribution is 5.94. The molecule has 13 aromatic heterocycles. The number of anilines is 12. The molecule has 0 spiro atoms. The largest absolute Gasteiger partial charge is 0.492 e.